The number of benzene rings is 2. The Labute approximate surface area is 173 Å². The van der Waals surface area contributed by atoms with E-state index >= 15 is 0 Å². The molecule has 0 radical (unpaired) electrons. The van der Waals surface area contributed by atoms with Crippen molar-refractivity contribution in [2.24, 2.45) is 0 Å². The van der Waals surface area contributed by atoms with Crippen molar-refractivity contribution in [3.05, 3.63) is 71.3 Å². The predicted molar refractivity (Wildman–Crippen MR) is 118 cm³/mol. The number of anilines is 1. The Morgan fingerprint density at radius 2 is 1.86 bits per heavy atom. The van der Waals surface area contributed by atoms with Crippen molar-refractivity contribution in [3.63, 3.8) is 0 Å². The van der Waals surface area contributed by atoms with Crippen molar-refractivity contribution in [3.8, 4) is 0 Å². The van der Waals surface area contributed by atoms with Gasteiger partial charge in [0.25, 0.3) is 0 Å². The van der Waals surface area contributed by atoms with Crippen LogP contribution in [0.1, 0.15) is 37.3 Å². The van der Waals surface area contributed by atoms with Gasteiger partial charge in [-0.1, -0.05) is 55.0 Å². The summed E-state index contributed by atoms with van der Waals surface area (Å²) < 4.78 is 0. The topological polar surface area (TPSA) is 35.6 Å². The van der Waals surface area contributed by atoms with Gasteiger partial charge in [0, 0.05) is 30.4 Å². The molecule has 1 N–H and O–H groups in total. The minimum Gasteiger partial charge on any atom is -0.350 e. The zero-order valence-electron chi connectivity index (χ0n) is 17.1. The first-order chi connectivity index (χ1) is 14.2. The summed E-state index contributed by atoms with van der Waals surface area (Å²) in [5.74, 6) is 0.0844. The van der Waals surface area contributed by atoms with Gasteiger partial charge < -0.3 is 10.2 Å². The summed E-state index contributed by atoms with van der Waals surface area (Å²) in [5, 5.41) is 3.07. The van der Waals surface area contributed by atoms with Crippen LogP contribution in [0.15, 0.2) is 60.2 Å². The van der Waals surface area contributed by atoms with Crippen molar-refractivity contribution in [2.75, 3.05) is 18.0 Å². The second-order valence-electron chi connectivity index (χ2n) is 8.50. The minimum absolute atomic E-state index is 0.0844. The van der Waals surface area contributed by atoms with Gasteiger partial charge in [0.1, 0.15) is 0 Å². The Hall–Kier alpha value is -2.59. The molecule has 3 heterocycles. The highest BCUT2D eigenvalue weighted by atomic mass is 16.2. The monoisotopic (exact) mass is 387 g/mol. The van der Waals surface area contributed by atoms with Crippen LogP contribution >= 0.6 is 0 Å². The van der Waals surface area contributed by atoms with Gasteiger partial charge in [-0.3, -0.25) is 9.69 Å². The summed E-state index contributed by atoms with van der Waals surface area (Å²) in [5.41, 5.74) is 4.72. The zero-order valence-corrected chi connectivity index (χ0v) is 17.1. The van der Waals surface area contributed by atoms with Crippen LogP contribution in [0.25, 0.3) is 6.08 Å². The standard InChI is InChI=1S/C25H29N3O/c1-18(27-14-8-7-12-21(27)15-19-9-3-2-4-10-19)28-23-13-6-5-11-20(23)16-22-24(28)17-26-25(22)29/h2-6,9-11,13,16,18,21,24H,7-8,12,14-15,17H2,1H3,(H,26,29). The number of hydrogen-bond acceptors (Lipinski definition) is 3. The molecule has 5 rings (SSSR count). The number of nitrogens with zero attached hydrogens (tertiary/aromatic N) is 2. The fourth-order valence-electron chi connectivity index (χ4n) is 5.38. The summed E-state index contributed by atoms with van der Waals surface area (Å²) in [4.78, 5) is 17.6. The summed E-state index contributed by atoms with van der Waals surface area (Å²) in [6, 6.07) is 20.0. The maximum Gasteiger partial charge on any atom is 0.249 e. The quantitative estimate of drug-likeness (QED) is 0.866. The Morgan fingerprint density at radius 1 is 1.07 bits per heavy atom. The van der Waals surface area contributed by atoms with Gasteiger partial charge in [0.2, 0.25) is 5.91 Å². The molecule has 0 aromatic heterocycles. The van der Waals surface area contributed by atoms with E-state index in [9.17, 15) is 4.79 Å². The molecule has 2 aromatic rings. The molecule has 3 unspecified atom stereocenters. The molecule has 4 heteroatoms. The number of fused-ring (bicyclic) bond motifs is 2. The Morgan fingerprint density at radius 3 is 2.72 bits per heavy atom. The second-order valence-corrected chi connectivity index (χ2v) is 8.50. The number of likely N-dealkylation sites (tertiary alicyclic amines) is 1. The highest BCUT2D eigenvalue weighted by Crippen LogP contribution is 2.38. The molecule has 29 heavy (non-hydrogen) atoms. The highest BCUT2D eigenvalue weighted by Gasteiger charge is 2.41. The van der Waals surface area contributed by atoms with Crippen LogP contribution in [0.5, 0.6) is 0 Å². The van der Waals surface area contributed by atoms with Gasteiger partial charge in [-0.2, -0.15) is 0 Å². The molecule has 3 aliphatic rings. The van der Waals surface area contributed by atoms with Crippen molar-refractivity contribution in [2.45, 2.75) is 50.9 Å². The number of amides is 1. The molecular formula is C25H29N3O. The molecule has 2 saturated heterocycles. The summed E-state index contributed by atoms with van der Waals surface area (Å²) in [6.45, 7) is 4.14. The van der Waals surface area contributed by atoms with E-state index in [-0.39, 0.29) is 18.1 Å². The third-order valence-corrected chi connectivity index (χ3v) is 6.81. The van der Waals surface area contributed by atoms with Crippen LogP contribution in [0.4, 0.5) is 5.69 Å². The van der Waals surface area contributed by atoms with Gasteiger partial charge in [-0.05, 0) is 49.5 Å². The van der Waals surface area contributed by atoms with Gasteiger partial charge in [-0.15, -0.1) is 0 Å². The van der Waals surface area contributed by atoms with Gasteiger partial charge in [0.05, 0.1) is 12.2 Å². The molecule has 0 spiro atoms. The van der Waals surface area contributed by atoms with Crippen LogP contribution in [0, 0.1) is 0 Å². The molecule has 150 valence electrons. The second kappa shape index (κ2) is 7.68. The van der Waals surface area contributed by atoms with Crippen LogP contribution in [-0.2, 0) is 11.2 Å². The lowest BCUT2D eigenvalue weighted by atomic mass is 9.93. The summed E-state index contributed by atoms with van der Waals surface area (Å²) >= 11 is 0. The van der Waals surface area contributed by atoms with Crippen molar-refractivity contribution in [1.82, 2.24) is 10.2 Å². The van der Waals surface area contributed by atoms with Crippen LogP contribution in [0.3, 0.4) is 0 Å². The van der Waals surface area contributed by atoms with Crippen molar-refractivity contribution >= 4 is 17.7 Å². The summed E-state index contributed by atoms with van der Waals surface area (Å²) in [6.07, 6.45) is 7.20. The molecule has 0 aliphatic carbocycles. The van der Waals surface area contributed by atoms with E-state index in [1.165, 1.54) is 30.5 Å². The Bertz CT molecular complexity index is 923. The Kier molecular flexibility index (Phi) is 4.88. The lowest BCUT2D eigenvalue weighted by Gasteiger charge is -2.48. The SMILES string of the molecule is CC(N1CCCCC1Cc1ccccc1)N1c2ccccc2C=C2C(=O)NCC21. The molecule has 0 bridgehead atoms. The van der Waals surface area contributed by atoms with E-state index in [2.05, 4.69) is 82.7 Å². The van der Waals surface area contributed by atoms with E-state index in [4.69, 9.17) is 0 Å². The molecule has 0 saturated carbocycles. The van der Waals surface area contributed by atoms with Gasteiger partial charge in [-0.25, -0.2) is 0 Å². The fraction of sp³-hybridized carbons (Fsp3) is 0.400. The van der Waals surface area contributed by atoms with Crippen molar-refractivity contribution < 1.29 is 4.79 Å². The Balaban J connectivity index is 1.47. The summed E-state index contributed by atoms with van der Waals surface area (Å²) in [7, 11) is 0. The number of piperidine rings is 1. The molecule has 3 aliphatic heterocycles. The third-order valence-electron chi connectivity index (χ3n) is 6.81. The van der Waals surface area contributed by atoms with Gasteiger partial charge >= 0.3 is 0 Å². The maximum atomic E-state index is 12.4. The number of carbonyl (C=O) groups excluding carboxylic acids is 1. The molecule has 2 aromatic carbocycles. The molecule has 4 nitrogen and oxygen atoms in total. The normalized spacial score (nSPS) is 25.1. The number of hydrogen-bond donors (Lipinski definition) is 1. The third kappa shape index (κ3) is 3.36. The molecule has 1 amide bonds. The smallest absolute Gasteiger partial charge is 0.249 e. The lowest BCUT2D eigenvalue weighted by Crippen LogP contribution is -2.58. The molecule has 3 atom stereocenters. The molecular weight excluding hydrogens is 358 g/mol. The number of para-hydroxylation sites is 1. The fourth-order valence-corrected chi connectivity index (χ4v) is 5.38. The zero-order chi connectivity index (χ0) is 19.8. The largest absolute Gasteiger partial charge is 0.350 e. The maximum absolute atomic E-state index is 12.4. The number of carbonyl (C=O) groups is 1. The first-order valence-corrected chi connectivity index (χ1v) is 10.9. The lowest BCUT2D eigenvalue weighted by molar-refractivity contribution is -0.116. The van der Waals surface area contributed by atoms with Crippen LogP contribution in [-0.4, -0.2) is 42.1 Å². The van der Waals surface area contributed by atoms with E-state index < -0.39 is 0 Å². The first-order valence-electron chi connectivity index (χ1n) is 10.9. The average Bonchev–Trinajstić information content (AvgIpc) is 3.13. The van der Waals surface area contributed by atoms with Crippen LogP contribution < -0.4 is 10.2 Å². The molecule has 2 fully saturated rings. The first kappa shape index (κ1) is 18.4. The van der Waals surface area contributed by atoms with E-state index in [1.54, 1.807) is 0 Å². The minimum atomic E-state index is 0.0844. The van der Waals surface area contributed by atoms with Crippen LogP contribution in [0.2, 0.25) is 0 Å². The van der Waals surface area contributed by atoms with E-state index in [1.807, 2.05) is 0 Å². The van der Waals surface area contributed by atoms with E-state index in [0.717, 1.165) is 24.1 Å². The average molecular weight is 388 g/mol. The predicted octanol–water partition coefficient (Wildman–Crippen LogP) is 3.83. The number of rotatable bonds is 4. The van der Waals surface area contributed by atoms with Crippen molar-refractivity contribution in [1.29, 1.82) is 0 Å². The highest BCUT2D eigenvalue weighted by molar-refractivity contribution is 6.04. The van der Waals surface area contributed by atoms with Gasteiger partial charge in [0.15, 0.2) is 0 Å². The number of nitrogens with one attached hydrogen (secondary N) is 1. The van der Waals surface area contributed by atoms with E-state index in [0.29, 0.717) is 12.6 Å².